The summed E-state index contributed by atoms with van der Waals surface area (Å²) in [7, 11) is 0. The normalized spacial score (nSPS) is 12.1. The Bertz CT molecular complexity index is 505. The molecule has 0 aliphatic heterocycles. The van der Waals surface area contributed by atoms with Crippen molar-refractivity contribution in [1.82, 2.24) is 5.32 Å². The van der Waals surface area contributed by atoms with Crippen LogP contribution in [0, 0.1) is 0 Å². The SMILES string of the molecule is CC(NC(=O)Cc1cccs1)c1ccc(N)cc1. The lowest BCUT2D eigenvalue weighted by molar-refractivity contribution is -0.121. The maximum Gasteiger partial charge on any atom is 0.225 e. The summed E-state index contributed by atoms with van der Waals surface area (Å²) in [5, 5.41) is 4.96. The smallest absolute Gasteiger partial charge is 0.225 e. The first-order valence-corrected chi connectivity index (χ1v) is 6.70. The van der Waals surface area contributed by atoms with Crippen LogP contribution in [0.15, 0.2) is 41.8 Å². The highest BCUT2D eigenvalue weighted by Gasteiger charge is 2.10. The van der Waals surface area contributed by atoms with Gasteiger partial charge in [-0.15, -0.1) is 11.3 Å². The zero-order valence-electron chi connectivity index (χ0n) is 10.2. The molecule has 0 aliphatic carbocycles. The first kappa shape index (κ1) is 12.6. The molecule has 1 unspecified atom stereocenters. The Balaban J connectivity index is 1.92. The summed E-state index contributed by atoms with van der Waals surface area (Å²) in [6, 6.07) is 11.5. The Labute approximate surface area is 111 Å². The molecule has 0 aliphatic rings. The predicted octanol–water partition coefficient (Wildman–Crippen LogP) is 2.75. The fraction of sp³-hybridized carbons (Fsp3) is 0.214. The van der Waals surface area contributed by atoms with Crippen molar-refractivity contribution in [1.29, 1.82) is 0 Å². The fourth-order valence-corrected chi connectivity index (χ4v) is 2.44. The summed E-state index contributed by atoms with van der Waals surface area (Å²) < 4.78 is 0. The van der Waals surface area contributed by atoms with Gasteiger partial charge in [0, 0.05) is 10.6 Å². The summed E-state index contributed by atoms with van der Waals surface area (Å²) in [5.41, 5.74) is 7.42. The molecule has 0 saturated carbocycles. The second kappa shape index (κ2) is 5.69. The van der Waals surface area contributed by atoms with Crippen LogP contribution in [-0.4, -0.2) is 5.91 Å². The van der Waals surface area contributed by atoms with E-state index in [9.17, 15) is 4.79 Å². The van der Waals surface area contributed by atoms with Crippen molar-refractivity contribution in [3.05, 3.63) is 52.2 Å². The van der Waals surface area contributed by atoms with Gasteiger partial charge < -0.3 is 11.1 Å². The predicted molar refractivity (Wildman–Crippen MR) is 75.4 cm³/mol. The molecule has 1 atom stereocenters. The monoisotopic (exact) mass is 260 g/mol. The molecule has 1 aromatic heterocycles. The molecule has 3 N–H and O–H groups in total. The third-order valence-corrected chi connectivity index (χ3v) is 3.61. The maximum absolute atomic E-state index is 11.8. The Morgan fingerprint density at radius 1 is 1.33 bits per heavy atom. The molecular weight excluding hydrogens is 244 g/mol. The van der Waals surface area contributed by atoms with Crippen molar-refractivity contribution in [3.8, 4) is 0 Å². The molecule has 4 heteroatoms. The molecule has 0 radical (unpaired) electrons. The van der Waals surface area contributed by atoms with Crippen molar-refractivity contribution in [3.63, 3.8) is 0 Å². The highest BCUT2D eigenvalue weighted by Crippen LogP contribution is 2.15. The van der Waals surface area contributed by atoms with E-state index in [0.29, 0.717) is 6.42 Å². The van der Waals surface area contributed by atoms with Gasteiger partial charge in [-0.25, -0.2) is 0 Å². The van der Waals surface area contributed by atoms with Gasteiger partial charge in [0.15, 0.2) is 0 Å². The van der Waals surface area contributed by atoms with Gasteiger partial charge in [0.05, 0.1) is 12.5 Å². The highest BCUT2D eigenvalue weighted by molar-refractivity contribution is 7.10. The lowest BCUT2D eigenvalue weighted by atomic mass is 10.1. The van der Waals surface area contributed by atoms with Gasteiger partial charge in [-0.2, -0.15) is 0 Å². The molecule has 1 heterocycles. The van der Waals surface area contributed by atoms with Crippen LogP contribution in [-0.2, 0) is 11.2 Å². The lowest BCUT2D eigenvalue weighted by Crippen LogP contribution is -2.27. The molecule has 0 spiro atoms. The van der Waals surface area contributed by atoms with E-state index in [0.717, 1.165) is 16.1 Å². The molecule has 2 rings (SSSR count). The minimum absolute atomic E-state index is 0.00179. The average Bonchev–Trinajstić information content (AvgIpc) is 2.82. The summed E-state index contributed by atoms with van der Waals surface area (Å²) in [4.78, 5) is 12.9. The highest BCUT2D eigenvalue weighted by atomic mass is 32.1. The number of rotatable bonds is 4. The second-order valence-electron chi connectivity index (χ2n) is 4.21. The van der Waals surface area contributed by atoms with Crippen LogP contribution in [0.25, 0.3) is 0 Å². The molecule has 3 nitrogen and oxygen atoms in total. The van der Waals surface area contributed by atoms with Crippen molar-refractivity contribution >= 4 is 22.9 Å². The second-order valence-corrected chi connectivity index (χ2v) is 5.24. The minimum atomic E-state index is -0.00179. The van der Waals surface area contributed by atoms with Crippen LogP contribution >= 0.6 is 11.3 Å². The largest absolute Gasteiger partial charge is 0.399 e. The van der Waals surface area contributed by atoms with Crippen LogP contribution in [0.3, 0.4) is 0 Å². The van der Waals surface area contributed by atoms with Gasteiger partial charge in [-0.1, -0.05) is 18.2 Å². The molecule has 2 aromatic rings. The average molecular weight is 260 g/mol. The van der Waals surface area contributed by atoms with Crippen molar-refractivity contribution < 1.29 is 4.79 Å². The van der Waals surface area contributed by atoms with Crippen molar-refractivity contribution in [2.75, 3.05) is 5.73 Å². The van der Waals surface area contributed by atoms with Crippen molar-refractivity contribution in [2.24, 2.45) is 0 Å². The molecule has 94 valence electrons. The Hall–Kier alpha value is -1.81. The van der Waals surface area contributed by atoms with Crippen LogP contribution in [0.5, 0.6) is 0 Å². The topological polar surface area (TPSA) is 55.1 Å². The number of amides is 1. The molecule has 1 amide bonds. The van der Waals surface area contributed by atoms with Crippen LogP contribution in [0.2, 0.25) is 0 Å². The number of nitrogens with one attached hydrogen (secondary N) is 1. The fourth-order valence-electron chi connectivity index (χ4n) is 1.73. The van der Waals surface area contributed by atoms with Gasteiger partial charge >= 0.3 is 0 Å². The quantitative estimate of drug-likeness (QED) is 0.830. The first-order chi connectivity index (χ1) is 8.65. The third kappa shape index (κ3) is 3.34. The molecule has 0 bridgehead atoms. The lowest BCUT2D eigenvalue weighted by Gasteiger charge is -2.14. The van der Waals surface area contributed by atoms with Crippen LogP contribution < -0.4 is 11.1 Å². The van der Waals surface area contributed by atoms with Crippen LogP contribution in [0.4, 0.5) is 5.69 Å². The summed E-state index contributed by atoms with van der Waals surface area (Å²) in [6.45, 7) is 1.97. The summed E-state index contributed by atoms with van der Waals surface area (Å²) in [5.74, 6) is 0.0433. The first-order valence-electron chi connectivity index (χ1n) is 5.82. The Kier molecular flexibility index (Phi) is 3.99. The minimum Gasteiger partial charge on any atom is -0.399 e. The Morgan fingerprint density at radius 2 is 2.06 bits per heavy atom. The van der Waals surface area contributed by atoms with Gasteiger partial charge in [0.1, 0.15) is 0 Å². The number of thiophene rings is 1. The number of carbonyl (C=O) groups excluding carboxylic acids is 1. The van der Waals surface area contributed by atoms with Crippen LogP contribution in [0.1, 0.15) is 23.4 Å². The van der Waals surface area contributed by atoms with Gasteiger partial charge in [0.25, 0.3) is 0 Å². The number of carbonyl (C=O) groups is 1. The maximum atomic E-state index is 11.8. The molecule has 0 fully saturated rings. The number of benzene rings is 1. The number of nitrogen functional groups attached to an aromatic ring is 1. The molecule has 0 saturated heterocycles. The summed E-state index contributed by atoms with van der Waals surface area (Å²) >= 11 is 1.60. The number of anilines is 1. The molecule has 1 aromatic carbocycles. The van der Waals surface area contributed by atoms with E-state index in [2.05, 4.69) is 5.32 Å². The van der Waals surface area contributed by atoms with Gasteiger partial charge in [-0.3, -0.25) is 4.79 Å². The van der Waals surface area contributed by atoms with E-state index >= 15 is 0 Å². The van der Waals surface area contributed by atoms with Gasteiger partial charge in [-0.05, 0) is 36.1 Å². The number of hydrogen-bond acceptors (Lipinski definition) is 3. The zero-order valence-corrected chi connectivity index (χ0v) is 11.0. The number of nitrogens with two attached hydrogens (primary N) is 1. The standard InChI is InChI=1S/C14H16N2OS/c1-10(11-4-6-12(15)7-5-11)16-14(17)9-13-3-2-8-18-13/h2-8,10H,9,15H2,1H3,(H,16,17). The van der Waals surface area contributed by atoms with E-state index in [4.69, 9.17) is 5.73 Å². The van der Waals surface area contributed by atoms with Gasteiger partial charge in [0.2, 0.25) is 5.91 Å². The number of hydrogen-bond donors (Lipinski definition) is 2. The van der Waals surface area contributed by atoms with E-state index in [1.807, 2.05) is 48.7 Å². The van der Waals surface area contributed by atoms with E-state index in [1.54, 1.807) is 11.3 Å². The van der Waals surface area contributed by atoms with E-state index < -0.39 is 0 Å². The zero-order chi connectivity index (χ0) is 13.0. The van der Waals surface area contributed by atoms with Crippen molar-refractivity contribution in [2.45, 2.75) is 19.4 Å². The van der Waals surface area contributed by atoms with E-state index in [-0.39, 0.29) is 11.9 Å². The Morgan fingerprint density at radius 3 is 2.67 bits per heavy atom. The van der Waals surface area contributed by atoms with E-state index in [1.165, 1.54) is 0 Å². The molecular formula is C14H16N2OS. The molecule has 18 heavy (non-hydrogen) atoms. The summed E-state index contributed by atoms with van der Waals surface area (Å²) in [6.07, 6.45) is 0.441. The third-order valence-electron chi connectivity index (χ3n) is 2.73.